The van der Waals surface area contributed by atoms with Crippen molar-refractivity contribution >= 4 is 12.6 Å². The van der Waals surface area contributed by atoms with E-state index in [0.29, 0.717) is 5.89 Å². The zero-order chi connectivity index (χ0) is 5.98. The van der Waals surface area contributed by atoms with Crippen LogP contribution in [0.1, 0.15) is 12.8 Å². The van der Waals surface area contributed by atoms with E-state index in [1.54, 1.807) is 0 Å². The Morgan fingerprint density at radius 1 is 1.56 bits per heavy atom. The third-order valence-electron chi connectivity index (χ3n) is 0.751. The number of nitrogens with zero attached hydrogens (tertiary/aromatic N) is 2. The van der Waals surface area contributed by atoms with Crippen LogP contribution in [-0.4, -0.2) is 10.2 Å². The average Bonchev–Trinajstić information content (AvgIpc) is 2.14. The van der Waals surface area contributed by atoms with E-state index in [2.05, 4.69) is 22.8 Å². The number of hydrogen-bond donors (Lipinski definition) is 0. The first kappa shape index (κ1) is 10.00. The van der Waals surface area contributed by atoms with E-state index in [9.17, 15) is 0 Å². The summed E-state index contributed by atoms with van der Waals surface area (Å²) in [4.78, 5) is 0. The Morgan fingerprint density at radius 3 is 2.44 bits per heavy atom. The molecule has 0 aliphatic carbocycles. The van der Waals surface area contributed by atoms with Gasteiger partial charge in [0.15, 0.2) is 0 Å². The molecule has 0 aromatic carbocycles. The molecule has 3 nitrogen and oxygen atoms in total. The van der Waals surface area contributed by atoms with Crippen molar-refractivity contribution in [3.8, 4) is 0 Å². The summed E-state index contributed by atoms with van der Waals surface area (Å²) in [5, 5.41) is 7.32. The maximum Gasteiger partial charge on any atom is 1.00 e. The molecule has 0 aliphatic heterocycles. The van der Waals surface area contributed by atoms with Crippen LogP contribution in [0.3, 0.4) is 0 Å². The van der Waals surface area contributed by atoms with Gasteiger partial charge in [0.25, 0.3) is 0 Å². The Labute approximate surface area is 101 Å². The molecule has 0 fully saturated rings. The molecule has 0 amide bonds. The van der Waals surface area contributed by atoms with Gasteiger partial charge in [-0.3, -0.25) is 0 Å². The first-order chi connectivity index (χ1) is 3.83. The molecule has 0 radical (unpaired) electrons. The van der Waals surface area contributed by atoms with E-state index >= 15 is 0 Å². The van der Waals surface area contributed by atoms with Gasteiger partial charge in [-0.1, -0.05) is 6.92 Å². The number of aromatic nitrogens is 2. The second-order valence-electron chi connectivity index (χ2n) is 1.32. The van der Waals surface area contributed by atoms with Crippen LogP contribution in [-0.2, 0) is 19.0 Å². The van der Waals surface area contributed by atoms with Gasteiger partial charge >= 0.3 is 51.4 Å². The quantitative estimate of drug-likeness (QED) is 0.344. The van der Waals surface area contributed by atoms with Crippen LogP contribution in [0.4, 0.5) is 0 Å². The SMILES string of the molecule is CCc1nnc([S-])o1.[K+]. The Hall–Kier alpha value is 0.996. The Balaban J connectivity index is 0.000000640. The topological polar surface area (TPSA) is 38.9 Å². The summed E-state index contributed by atoms with van der Waals surface area (Å²) < 4.78 is 4.83. The van der Waals surface area contributed by atoms with Gasteiger partial charge in [-0.15, -0.1) is 10.2 Å². The molecule has 1 aromatic heterocycles. The van der Waals surface area contributed by atoms with Gasteiger partial charge in [0, 0.05) is 6.42 Å². The minimum Gasteiger partial charge on any atom is -0.719 e. The Kier molecular flexibility index (Phi) is 5.28. The van der Waals surface area contributed by atoms with E-state index < -0.39 is 0 Å². The second kappa shape index (κ2) is 4.76. The molecule has 1 rings (SSSR count). The van der Waals surface area contributed by atoms with E-state index in [-0.39, 0.29) is 56.6 Å². The monoisotopic (exact) mass is 168 g/mol. The molecule has 44 valence electrons. The van der Waals surface area contributed by atoms with E-state index in [4.69, 9.17) is 4.42 Å². The smallest absolute Gasteiger partial charge is 0.719 e. The molecule has 0 N–H and O–H groups in total. The maximum atomic E-state index is 4.83. The molecule has 0 spiro atoms. The van der Waals surface area contributed by atoms with Gasteiger partial charge in [-0.05, 0) is 0 Å². The Morgan fingerprint density at radius 2 is 2.22 bits per heavy atom. The molecule has 0 saturated heterocycles. The molecule has 0 atom stereocenters. The normalized spacial score (nSPS) is 8.56. The van der Waals surface area contributed by atoms with Crippen molar-refractivity contribution in [1.82, 2.24) is 10.2 Å². The molecule has 5 heteroatoms. The van der Waals surface area contributed by atoms with Crippen LogP contribution in [0.2, 0.25) is 0 Å². The molecular weight excluding hydrogens is 163 g/mol. The number of rotatable bonds is 1. The predicted molar refractivity (Wildman–Crippen MR) is 29.3 cm³/mol. The summed E-state index contributed by atoms with van der Waals surface area (Å²) >= 11 is 4.56. The van der Waals surface area contributed by atoms with Crippen molar-refractivity contribution in [3.05, 3.63) is 5.89 Å². The van der Waals surface area contributed by atoms with Gasteiger partial charge in [0.1, 0.15) is 0 Å². The van der Waals surface area contributed by atoms with Gasteiger partial charge < -0.3 is 17.0 Å². The minimum absolute atomic E-state index is 0. The van der Waals surface area contributed by atoms with Crippen LogP contribution in [0.25, 0.3) is 0 Å². The molecule has 1 aromatic rings. The zero-order valence-corrected chi connectivity index (χ0v) is 9.36. The third kappa shape index (κ3) is 3.06. The summed E-state index contributed by atoms with van der Waals surface area (Å²) in [7, 11) is 0. The van der Waals surface area contributed by atoms with Gasteiger partial charge in [0.2, 0.25) is 5.89 Å². The molecule has 0 aliphatic rings. The minimum atomic E-state index is 0. The van der Waals surface area contributed by atoms with Crippen molar-refractivity contribution in [2.45, 2.75) is 18.6 Å². The van der Waals surface area contributed by atoms with Crippen molar-refractivity contribution in [2.24, 2.45) is 0 Å². The van der Waals surface area contributed by atoms with Crippen molar-refractivity contribution in [3.63, 3.8) is 0 Å². The second-order valence-corrected chi connectivity index (χ2v) is 1.66. The molecule has 0 saturated carbocycles. The molecule has 1 heterocycles. The van der Waals surface area contributed by atoms with Gasteiger partial charge in [-0.25, -0.2) is 0 Å². The summed E-state index contributed by atoms with van der Waals surface area (Å²) in [5.41, 5.74) is 0. The van der Waals surface area contributed by atoms with Crippen LogP contribution >= 0.6 is 0 Å². The molecule has 0 unspecified atom stereocenters. The average molecular weight is 168 g/mol. The van der Waals surface area contributed by atoms with Crippen LogP contribution < -0.4 is 51.4 Å². The van der Waals surface area contributed by atoms with Crippen LogP contribution in [0, 0.1) is 0 Å². The first-order valence-electron chi connectivity index (χ1n) is 2.32. The van der Waals surface area contributed by atoms with E-state index in [1.807, 2.05) is 6.92 Å². The third-order valence-corrected chi connectivity index (χ3v) is 0.916. The standard InChI is InChI=1S/C4H6N2OS.K/c1-2-3-5-6-4(8)7-3;/h2H2,1H3,(H,6,8);/q;+1/p-1. The van der Waals surface area contributed by atoms with Gasteiger partial charge in [0.05, 0.1) is 5.22 Å². The van der Waals surface area contributed by atoms with Crippen molar-refractivity contribution in [1.29, 1.82) is 0 Å². The summed E-state index contributed by atoms with van der Waals surface area (Å²) in [6.45, 7) is 1.93. The van der Waals surface area contributed by atoms with Gasteiger partial charge in [-0.2, -0.15) is 0 Å². The summed E-state index contributed by atoms with van der Waals surface area (Å²) in [5.74, 6) is 0.606. The largest absolute Gasteiger partial charge is 1.00 e. The van der Waals surface area contributed by atoms with E-state index in [0.717, 1.165) is 6.42 Å². The van der Waals surface area contributed by atoms with Crippen LogP contribution in [0.15, 0.2) is 9.64 Å². The van der Waals surface area contributed by atoms with E-state index in [1.165, 1.54) is 0 Å². The molecule has 0 bridgehead atoms. The summed E-state index contributed by atoms with van der Waals surface area (Å²) in [6, 6.07) is 0. The molecule has 9 heavy (non-hydrogen) atoms. The fourth-order valence-electron chi connectivity index (χ4n) is 0.381. The van der Waals surface area contributed by atoms with Crippen molar-refractivity contribution in [2.75, 3.05) is 0 Å². The number of hydrogen-bond acceptors (Lipinski definition) is 4. The predicted octanol–water partition coefficient (Wildman–Crippen LogP) is -2.46. The fraction of sp³-hybridized carbons (Fsp3) is 0.500. The van der Waals surface area contributed by atoms with Crippen molar-refractivity contribution < 1.29 is 55.8 Å². The molecular formula is C4H5KN2OS. The summed E-state index contributed by atoms with van der Waals surface area (Å²) in [6.07, 6.45) is 0.754. The maximum absolute atomic E-state index is 4.83. The Bertz CT molecular complexity index is 179. The zero-order valence-electron chi connectivity index (χ0n) is 5.42. The number of aryl methyl sites for hydroxylation is 1. The first-order valence-corrected chi connectivity index (χ1v) is 2.73. The van der Waals surface area contributed by atoms with Crippen LogP contribution in [0.5, 0.6) is 0 Å². The fourth-order valence-corrected chi connectivity index (χ4v) is 0.518.